The van der Waals surface area contributed by atoms with Crippen molar-refractivity contribution < 1.29 is 24.0 Å². The third kappa shape index (κ3) is 3.14. The number of halogens is 1. The van der Waals surface area contributed by atoms with E-state index in [9.17, 15) is 19.1 Å². The Morgan fingerprint density at radius 2 is 1.85 bits per heavy atom. The van der Waals surface area contributed by atoms with Gasteiger partial charge in [-0.1, -0.05) is 24.3 Å². The summed E-state index contributed by atoms with van der Waals surface area (Å²) >= 11 is 0. The number of carboxylic acids is 1. The van der Waals surface area contributed by atoms with Gasteiger partial charge in [-0.2, -0.15) is 0 Å². The van der Waals surface area contributed by atoms with Gasteiger partial charge in [0.2, 0.25) is 5.91 Å². The van der Waals surface area contributed by atoms with E-state index in [1.165, 1.54) is 11.0 Å². The average molecular weight is 358 g/mol. The van der Waals surface area contributed by atoms with Gasteiger partial charge in [0.1, 0.15) is 12.4 Å². The van der Waals surface area contributed by atoms with Crippen molar-refractivity contribution in [2.75, 3.05) is 26.2 Å². The van der Waals surface area contributed by atoms with Gasteiger partial charge in [0.15, 0.2) is 0 Å². The maximum Gasteiger partial charge on any atom is 0.227 e. The number of quaternary nitrogens is 1. The summed E-state index contributed by atoms with van der Waals surface area (Å²) in [6, 6.07) is 6.62. The van der Waals surface area contributed by atoms with E-state index in [0.717, 1.165) is 31.6 Å². The number of hydrogen-bond acceptors (Lipinski definition) is 3. The summed E-state index contributed by atoms with van der Waals surface area (Å²) in [6.45, 7) is 3.53. The quantitative estimate of drug-likeness (QED) is 0.720. The first-order chi connectivity index (χ1) is 12.5. The Kier molecular flexibility index (Phi) is 4.53. The highest BCUT2D eigenvalue weighted by molar-refractivity contribution is 5.86. The predicted octanol–water partition coefficient (Wildman–Crippen LogP) is -0.759. The molecule has 1 heterocycles. The van der Waals surface area contributed by atoms with Gasteiger partial charge in [0, 0.05) is 17.5 Å². The smallest absolute Gasteiger partial charge is 0.227 e. The number of carbonyl (C=O) groups is 2. The van der Waals surface area contributed by atoms with Crippen LogP contribution in [0.5, 0.6) is 0 Å². The molecular weight excluding hydrogens is 335 g/mol. The summed E-state index contributed by atoms with van der Waals surface area (Å²) < 4.78 is 13.3. The highest BCUT2D eigenvalue weighted by Crippen LogP contribution is 2.48. The zero-order valence-electron chi connectivity index (χ0n) is 14.6. The molecule has 0 radical (unpaired) electrons. The van der Waals surface area contributed by atoms with E-state index in [4.69, 9.17) is 0 Å². The van der Waals surface area contributed by atoms with Crippen LogP contribution >= 0.6 is 0 Å². The zero-order valence-corrected chi connectivity index (χ0v) is 14.6. The first kappa shape index (κ1) is 17.2. The van der Waals surface area contributed by atoms with Gasteiger partial charge in [-0.15, -0.1) is 0 Å². The van der Waals surface area contributed by atoms with Crippen LogP contribution in [0.15, 0.2) is 36.4 Å². The summed E-state index contributed by atoms with van der Waals surface area (Å²) in [5.74, 6) is -2.55. The van der Waals surface area contributed by atoms with Crippen LogP contribution in [0, 0.1) is 29.5 Å². The Labute approximate surface area is 152 Å². The number of piperazine rings is 1. The lowest BCUT2D eigenvalue weighted by molar-refractivity contribution is -0.917. The molecule has 1 saturated heterocycles. The van der Waals surface area contributed by atoms with Crippen LogP contribution in [0.1, 0.15) is 12.0 Å². The summed E-state index contributed by atoms with van der Waals surface area (Å²) in [7, 11) is 0. The van der Waals surface area contributed by atoms with E-state index in [2.05, 4.69) is 0 Å². The van der Waals surface area contributed by atoms with Gasteiger partial charge in [-0.25, -0.2) is 4.39 Å². The van der Waals surface area contributed by atoms with Gasteiger partial charge >= 0.3 is 0 Å². The normalized spacial score (nSPS) is 30.7. The SMILES string of the molecule is O=C([O-])[C@@H]1[C@@H](C(=O)N2CC[NH+](Cc3cccc(F)c3)CC2)[C@@H]2C=C[C@@H]1C2. The minimum absolute atomic E-state index is 0.0353. The first-order valence-electron chi connectivity index (χ1n) is 9.29. The summed E-state index contributed by atoms with van der Waals surface area (Å²) in [6.07, 6.45) is 4.67. The molecule has 0 unspecified atom stereocenters. The molecule has 5 nitrogen and oxygen atoms in total. The lowest BCUT2D eigenvalue weighted by Gasteiger charge is -2.37. The highest BCUT2D eigenvalue weighted by atomic mass is 19.1. The molecule has 6 heteroatoms. The number of rotatable bonds is 4. The Morgan fingerprint density at radius 1 is 1.15 bits per heavy atom. The summed E-state index contributed by atoms with van der Waals surface area (Å²) in [5.41, 5.74) is 0.954. The van der Waals surface area contributed by atoms with E-state index in [0.29, 0.717) is 13.1 Å². The van der Waals surface area contributed by atoms with Crippen LogP contribution in [0.3, 0.4) is 0 Å². The number of benzene rings is 1. The molecule has 1 saturated carbocycles. The van der Waals surface area contributed by atoms with Crippen LogP contribution in [0.2, 0.25) is 0 Å². The molecule has 138 valence electrons. The largest absolute Gasteiger partial charge is 0.550 e. The number of nitrogens with one attached hydrogen (secondary N) is 1. The van der Waals surface area contributed by atoms with Crippen LogP contribution in [0.25, 0.3) is 0 Å². The van der Waals surface area contributed by atoms with Crippen molar-refractivity contribution in [2.45, 2.75) is 13.0 Å². The fourth-order valence-corrected chi connectivity index (χ4v) is 4.85. The lowest BCUT2D eigenvalue weighted by atomic mass is 9.82. The number of fused-ring (bicyclic) bond motifs is 2. The van der Waals surface area contributed by atoms with Gasteiger partial charge in [-0.05, 0) is 30.4 Å². The van der Waals surface area contributed by atoms with E-state index < -0.39 is 17.8 Å². The molecule has 1 aromatic rings. The molecule has 1 aliphatic heterocycles. The average Bonchev–Trinajstić information content (AvgIpc) is 3.23. The molecule has 26 heavy (non-hydrogen) atoms. The van der Waals surface area contributed by atoms with E-state index in [1.54, 1.807) is 12.1 Å². The summed E-state index contributed by atoms with van der Waals surface area (Å²) in [4.78, 5) is 27.6. The second-order valence-corrected chi connectivity index (χ2v) is 7.70. The number of allylic oxidation sites excluding steroid dienone is 2. The van der Waals surface area contributed by atoms with Gasteiger partial charge < -0.3 is 19.7 Å². The third-order valence-corrected chi connectivity index (χ3v) is 6.14. The zero-order chi connectivity index (χ0) is 18.3. The fourth-order valence-electron chi connectivity index (χ4n) is 4.85. The monoisotopic (exact) mass is 358 g/mol. The van der Waals surface area contributed by atoms with Crippen molar-refractivity contribution in [3.8, 4) is 0 Å². The van der Waals surface area contributed by atoms with Crippen LogP contribution < -0.4 is 10.0 Å². The maximum absolute atomic E-state index is 13.3. The number of carbonyl (C=O) groups excluding carboxylic acids is 2. The molecule has 0 aromatic heterocycles. The fraction of sp³-hybridized carbons (Fsp3) is 0.500. The van der Waals surface area contributed by atoms with Crippen molar-refractivity contribution in [1.82, 2.24) is 4.90 Å². The highest BCUT2D eigenvalue weighted by Gasteiger charge is 2.50. The molecule has 2 bridgehead atoms. The molecule has 4 atom stereocenters. The minimum Gasteiger partial charge on any atom is -0.550 e. The second kappa shape index (κ2) is 6.83. The van der Waals surface area contributed by atoms with Gasteiger partial charge in [-0.3, -0.25) is 4.79 Å². The Bertz CT molecular complexity index is 742. The topological polar surface area (TPSA) is 64.9 Å². The van der Waals surface area contributed by atoms with Crippen LogP contribution in [0.4, 0.5) is 4.39 Å². The van der Waals surface area contributed by atoms with E-state index in [1.807, 2.05) is 23.1 Å². The van der Waals surface area contributed by atoms with Crippen molar-refractivity contribution >= 4 is 11.9 Å². The van der Waals surface area contributed by atoms with E-state index in [-0.39, 0.29) is 23.6 Å². The van der Waals surface area contributed by atoms with Crippen LogP contribution in [-0.2, 0) is 16.1 Å². The van der Waals surface area contributed by atoms with Crippen molar-refractivity contribution in [2.24, 2.45) is 23.7 Å². The number of carboxylic acid groups (broad SMARTS) is 1. The van der Waals surface area contributed by atoms with Crippen molar-refractivity contribution in [3.05, 3.63) is 47.8 Å². The number of aliphatic carboxylic acids is 1. The molecule has 2 aliphatic carbocycles. The lowest BCUT2D eigenvalue weighted by Crippen LogP contribution is -3.13. The molecule has 3 aliphatic rings. The molecule has 1 N–H and O–H groups in total. The predicted molar refractivity (Wildman–Crippen MR) is 90.1 cm³/mol. The van der Waals surface area contributed by atoms with Gasteiger partial charge in [0.25, 0.3) is 0 Å². The molecule has 2 fully saturated rings. The second-order valence-electron chi connectivity index (χ2n) is 7.70. The Balaban J connectivity index is 1.36. The maximum atomic E-state index is 13.3. The summed E-state index contributed by atoms with van der Waals surface area (Å²) in [5, 5.41) is 11.5. The Morgan fingerprint density at radius 3 is 2.50 bits per heavy atom. The van der Waals surface area contributed by atoms with Crippen LogP contribution in [-0.4, -0.2) is 43.0 Å². The minimum atomic E-state index is -1.10. The molecule has 4 rings (SSSR count). The van der Waals surface area contributed by atoms with Crippen molar-refractivity contribution in [3.63, 3.8) is 0 Å². The van der Waals surface area contributed by atoms with Crippen molar-refractivity contribution in [1.29, 1.82) is 0 Å². The molecule has 1 amide bonds. The molecule has 1 aromatic carbocycles. The molecular formula is C20H23FN2O3. The molecule has 0 spiro atoms. The Hall–Kier alpha value is -2.21. The number of hydrogen-bond donors (Lipinski definition) is 1. The number of nitrogens with zero attached hydrogens (tertiary/aromatic N) is 1. The number of amides is 1. The van der Waals surface area contributed by atoms with Gasteiger partial charge in [0.05, 0.1) is 32.1 Å². The standard InChI is InChI=1S/C20H23FN2O3/c21-16-3-1-2-13(10-16)12-22-6-8-23(9-7-22)19(24)17-14-4-5-15(11-14)18(17)20(25)26/h1-5,10,14-15,17-18H,6-9,11-12H2,(H,25,26)/t14-,15-,17+,18+/m1/s1. The first-order valence-corrected chi connectivity index (χ1v) is 9.29. The third-order valence-electron chi connectivity index (χ3n) is 6.14. The van der Waals surface area contributed by atoms with E-state index >= 15 is 0 Å².